The van der Waals surface area contributed by atoms with Gasteiger partial charge < -0.3 is 0 Å². The molecule has 0 fully saturated rings. The Kier molecular flexibility index (Phi) is 5.10. The van der Waals surface area contributed by atoms with E-state index in [1.165, 1.54) is 16.9 Å². The molecule has 0 aliphatic rings. The number of benzene rings is 2. The highest BCUT2D eigenvalue weighted by Gasteiger charge is 2.09. The van der Waals surface area contributed by atoms with Crippen LogP contribution >= 0.6 is 22.9 Å². The molecule has 1 heterocycles. The van der Waals surface area contributed by atoms with Gasteiger partial charge in [0.15, 0.2) is 0 Å². The number of thiazole rings is 1. The molecule has 3 rings (SSSR count). The van der Waals surface area contributed by atoms with Crippen molar-refractivity contribution < 1.29 is 0 Å². The predicted molar refractivity (Wildman–Crippen MR) is 102 cm³/mol. The molecule has 118 valence electrons. The van der Waals surface area contributed by atoms with Crippen LogP contribution in [-0.2, 0) is 6.42 Å². The Morgan fingerprint density at radius 2 is 2.04 bits per heavy atom. The lowest BCUT2D eigenvalue weighted by atomic mass is 10.1. The molecule has 0 bridgehead atoms. The van der Waals surface area contributed by atoms with Gasteiger partial charge in [-0.25, -0.2) is 4.98 Å². The van der Waals surface area contributed by atoms with Gasteiger partial charge in [-0.05, 0) is 35.8 Å². The molecule has 2 nitrogen and oxygen atoms in total. The maximum atomic E-state index is 9.47. The molecular weight excluding hydrogens is 336 g/mol. The van der Waals surface area contributed by atoms with Crippen LogP contribution in [0.4, 0.5) is 0 Å². The molecule has 0 unspecified atom stereocenters. The van der Waals surface area contributed by atoms with Crippen molar-refractivity contribution in [3.63, 3.8) is 0 Å². The molecule has 0 saturated carbocycles. The van der Waals surface area contributed by atoms with E-state index in [1.807, 2.05) is 35.7 Å². The number of aromatic nitrogens is 1. The molecule has 0 spiro atoms. The maximum absolute atomic E-state index is 9.47. The first-order valence-electron chi connectivity index (χ1n) is 7.62. The summed E-state index contributed by atoms with van der Waals surface area (Å²) in [6, 6.07) is 18.0. The van der Waals surface area contributed by atoms with Gasteiger partial charge in [0.2, 0.25) is 0 Å². The lowest BCUT2D eigenvalue weighted by Crippen LogP contribution is -1.84. The van der Waals surface area contributed by atoms with E-state index in [0.29, 0.717) is 15.6 Å². The minimum atomic E-state index is 0.540. The second-order valence-corrected chi connectivity index (χ2v) is 6.61. The molecular formula is C20H15ClN2S. The number of nitriles is 1. The summed E-state index contributed by atoms with van der Waals surface area (Å²) >= 11 is 7.48. The molecule has 0 saturated heterocycles. The molecule has 24 heavy (non-hydrogen) atoms. The molecule has 2 aromatic carbocycles. The third-order valence-electron chi connectivity index (χ3n) is 3.67. The van der Waals surface area contributed by atoms with Gasteiger partial charge in [0.25, 0.3) is 0 Å². The maximum Gasteiger partial charge on any atom is 0.134 e. The topological polar surface area (TPSA) is 36.7 Å². The van der Waals surface area contributed by atoms with Crippen LogP contribution in [0.25, 0.3) is 22.9 Å². The van der Waals surface area contributed by atoms with Gasteiger partial charge in [-0.2, -0.15) is 5.26 Å². The summed E-state index contributed by atoms with van der Waals surface area (Å²) in [7, 11) is 0. The van der Waals surface area contributed by atoms with E-state index in [-0.39, 0.29) is 0 Å². The minimum absolute atomic E-state index is 0.540. The standard InChI is InChI=1S/C20H15ClN2S/c1-2-14-6-8-16(9-7-14)19-13-24-20(23-19)17(12-22)10-15-4-3-5-18(21)11-15/h3-11,13H,2H2,1H3/b17-10-. The summed E-state index contributed by atoms with van der Waals surface area (Å²) in [4.78, 5) is 4.62. The second kappa shape index (κ2) is 7.44. The first kappa shape index (κ1) is 16.4. The van der Waals surface area contributed by atoms with Crippen LogP contribution in [0, 0.1) is 11.3 Å². The zero-order chi connectivity index (χ0) is 16.9. The van der Waals surface area contributed by atoms with Crippen molar-refractivity contribution in [3.8, 4) is 17.3 Å². The van der Waals surface area contributed by atoms with Gasteiger partial charge in [-0.15, -0.1) is 11.3 Å². The normalized spacial score (nSPS) is 11.3. The van der Waals surface area contributed by atoms with Crippen LogP contribution in [0.15, 0.2) is 53.9 Å². The summed E-state index contributed by atoms with van der Waals surface area (Å²) in [5.41, 5.74) is 4.69. The van der Waals surface area contributed by atoms with Crippen molar-refractivity contribution in [3.05, 3.63) is 75.1 Å². The minimum Gasteiger partial charge on any atom is -0.235 e. The third-order valence-corrected chi connectivity index (χ3v) is 4.78. The molecule has 0 radical (unpaired) electrons. The van der Waals surface area contributed by atoms with Crippen molar-refractivity contribution >= 4 is 34.6 Å². The molecule has 4 heteroatoms. The summed E-state index contributed by atoms with van der Waals surface area (Å²) in [6.07, 6.45) is 2.83. The Morgan fingerprint density at radius 3 is 2.71 bits per heavy atom. The molecule has 1 aromatic heterocycles. The van der Waals surface area contributed by atoms with E-state index in [0.717, 1.165) is 23.2 Å². The summed E-state index contributed by atoms with van der Waals surface area (Å²) in [6.45, 7) is 2.13. The first-order valence-corrected chi connectivity index (χ1v) is 8.88. The zero-order valence-electron chi connectivity index (χ0n) is 13.2. The lowest BCUT2D eigenvalue weighted by molar-refractivity contribution is 1.14. The summed E-state index contributed by atoms with van der Waals surface area (Å²) in [5.74, 6) is 0. The SMILES string of the molecule is CCc1ccc(-c2csc(/C(C#N)=C\c3cccc(Cl)c3)n2)cc1. The van der Waals surface area contributed by atoms with Gasteiger partial charge in [0, 0.05) is 16.0 Å². The van der Waals surface area contributed by atoms with Crippen molar-refractivity contribution in [2.45, 2.75) is 13.3 Å². The molecule has 0 atom stereocenters. The average molecular weight is 351 g/mol. The summed E-state index contributed by atoms with van der Waals surface area (Å²) < 4.78 is 0. The average Bonchev–Trinajstić information content (AvgIpc) is 3.10. The van der Waals surface area contributed by atoms with Crippen molar-refractivity contribution in [2.24, 2.45) is 0 Å². The van der Waals surface area contributed by atoms with Gasteiger partial charge in [0.1, 0.15) is 11.1 Å². The number of hydrogen-bond acceptors (Lipinski definition) is 3. The van der Waals surface area contributed by atoms with E-state index >= 15 is 0 Å². The highest BCUT2D eigenvalue weighted by atomic mass is 35.5. The molecule has 0 aliphatic heterocycles. The fraction of sp³-hybridized carbons (Fsp3) is 0.100. The monoisotopic (exact) mass is 350 g/mol. The summed E-state index contributed by atoms with van der Waals surface area (Å²) in [5, 5.41) is 12.8. The van der Waals surface area contributed by atoms with Crippen molar-refractivity contribution in [1.82, 2.24) is 4.98 Å². The van der Waals surface area contributed by atoms with Crippen LogP contribution in [0.1, 0.15) is 23.1 Å². The number of allylic oxidation sites excluding steroid dienone is 1. The lowest BCUT2D eigenvalue weighted by Gasteiger charge is -1.99. The molecule has 3 aromatic rings. The Hall–Kier alpha value is -2.41. The van der Waals surface area contributed by atoms with Gasteiger partial charge >= 0.3 is 0 Å². The van der Waals surface area contributed by atoms with Gasteiger partial charge in [0.05, 0.1) is 11.3 Å². The van der Waals surface area contributed by atoms with E-state index in [1.54, 1.807) is 0 Å². The van der Waals surface area contributed by atoms with E-state index in [2.05, 4.69) is 42.2 Å². The molecule has 0 amide bonds. The van der Waals surface area contributed by atoms with Crippen LogP contribution in [0.3, 0.4) is 0 Å². The second-order valence-electron chi connectivity index (χ2n) is 5.31. The predicted octanol–water partition coefficient (Wildman–Crippen LogP) is 6.09. The van der Waals surface area contributed by atoms with Crippen LogP contribution in [-0.4, -0.2) is 4.98 Å². The van der Waals surface area contributed by atoms with Crippen molar-refractivity contribution in [2.75, 3.05) is 0 Å². The van der Waals surface area contributed by atoms with Crippen LogP contribution in [0.2, 0.25) is 5.02 Å². The highest BCUT2D eigenvalue weighted by molar-refractivity contribution is 7.11. The number of nitrogens with zero attached hydrogens (tertiary/aromatic N) is 2. The molecule has 0 N–H and O–H groups in total. The van der Waals surface area contributed by atoms with Gasteiger partial charge in [-0.1, -0.05) is 54.9 Å². The number of aryl methyl sites for hydroxylation is 1. The first-order chi connectivity index (χ1) is 11.7. The highest BCUT2D eigenvalue weighted by Crippen LogP contribution is 2.27. The smallest absolute Gasteiger partial charge is 0.134 e. The Balaban J connectivity index is 1.91. The van der Waals surface area contributed by atoms with E-state index in [9.17, 15) is 5.26 Å². The zero-order valence-corrected chi connectivity index (χ0v) is 14.7. The third kappa shape index (κ3) is 3.73. The Morgan fingerprint density at radius 1 is 1.25 bits per heavy atom. The molecule has 0 aliphatic carbocycles. The van der Waals surface area contributed by atoms with Crippen LogP contribution in [0.5, 0.6) is 0 Å². The fourth-order valence-electron chi connectivity index (χ4n) is 2.35. The van der Waals surface area contributed by atoms with E-state index in [4.69, 9.17) is 11.6 Å². The Labute approximate surface area is 150 Å². The number of rotatable bonds is 4. The van der Waals surface area contributed by atoms with Crippen LogP contribution < -0.4 is 0 Å². The largest absolute Gasteiger partial charge is 0.235 e. The number of halogens is 1. The van der Waals surface area contributed by atoms with E-state index < -0.39 is 0 Å². The Bertz CT molecular complexity index is 917. The quantitative estimate of drug-likeness (QED) is 0.534. The van der Waals surface area contributed by atoms with Gasteiger partial charge in [-0.3, -0.25) is 0 Å². The van der Waals surface area contributed by atoms with Crippen molar-refractivity contribution in [1.29, 1.82) is 5.26 Å². The number of hydrogen-bond donors (Lipinski definition) is 0. The fourth-order valence-corrected chi connectivity index (χ4v) is 3.34.